The van der Waals surface area contributed by atoms with Crippen molar-refractivity contribution >= 4 is 29.5 Å². The number of ether oxygens (including phenoxy) is 1. The molecule has 1 saturated heterocycles. The largest absolute Gasteiger partial charge is 0.497 e. The minimum atomic E-state index is -1.59. The molecule has 214 valence electrons. The number of benzene rings is 3. The van der Waals surface area contributed by atoms with E-state index in [1.807, 2.05) is 0 Å². The molecule has 1 aliphatic heterocycles. The number of hydrogen-bond acceptors (Lipinski definition) is 5. The van der Waals surface area contributed by atoms with Crippen LogP contribution in [0.3, 0.4) is 0 Å². The number of carboxylic acids is 1. The molecule has 0 aliphatic carbocycles. The van der Waals surface area contributed by atoms with Crippen molar-refractivity contribution in [1.82, 2.24) is 15.1 Å². The molecular formula is C28H25F3N4O6. The van der Waals surface area contributed by atoms with Crippen LogP contribution in [0.5, 0.6) is 5.75 Å². The topological polar surface area (TPSA) is 128 Å². The Hall–Kier alpha value is -5.07. The number of amides is 4. The van der Waals surface area contributed by atoms with Gasteiger partial charge in [0.05, 0.1) is 19.6 Å². The standard InChI is InChI=1S/C28H25F3N4O6/c1-41-20-9-7-19(8-10-20)32-28(40)35-13-12-34(27(39)17-4-11-21(30)22(31)14-17)26(35)25(38)33-23(15-24(36)37)16-2-5-18(29)6-3-16/h2-11,14,23,26H,12-13,15H2,1H3,(H,32,40)(H,33,38)(H,36,37). The molecule has 1 aliphatic rings. The van der Waals surface area contributed by atoms with E-state index in [4.69, 9.17) is 4.74 Å². The molecule has 4 amide bonds. The third-order valence-electron chi connectivity index (χ3n) is 6.40. The fraction of sp³-hybridized carbons (Fsp3) is 0.214. The quantitative estimate of drug-likeness (QED) is 0.379. The molecule has 1 fully saturated rings. The van der Waals surface area contributed by atoms with E-state index in [0.29, 0.717) is 17.5 Å². The van der Waals surface area contributed by atoms with Gasteiger partial charge in [-0.05, 0) is 60.2 Å². The van der Waals surface area contributed by atoms with E-state index in [1.54, 1.807) is 24.3 Å². The number of nitrogens with zero attached hydrogens (tertiary/aromatic N) is 2. The van der Waals surface area contributed by atoms with Crippen LogP contribution in [0.1, 0.15) is 28.4 Å². The van der Waals surface area contributed by atoms with Crippen LogP contribution in [0.25, 0.3) is 0 Å². The van der Waals surface area contributed by atoms with E-state index >= 15 is 0 Å². The summed E-state index contributed by atoms with van der Waals surface area (Å²) < 4.78 is 46.0. The van der Waals surface area contributed by atoms with Crippen LogP contribution in [0.2, 0.25) is 0 Å². The zero-order valence-corrected chi connectivity index (χ0v) is 21.6. The van der Waals surface area contributed by atoms with Crippen molar-refractivity contribution in [2.24, 2.45) is 0 Å². The molecule has 10 nitrogen and oxygen atoms in total. The molecule has 3 N–H and O–H groups in total. The van der Waals surface area contributed by atoms with E-state index < -0.39 is 59.9 Å². The summed E-state index contributed by atoms with van der Waals surface area (Å²) in [6, 6.07) is 11.7. The molecule has 0 bridgehead atoms. The number of hydrogen-bond donors (Lipinski definition) is 3. The average molecular weight is 571 g/mol. The highest BCUT2D eigenvalue weighted by Crippen LogP contribution is 2.24. The maximum absolute atomic E-state index is 13.9. The molecule has 3 aromatic carbocycles. The Morgan fingerprint density at radius 2 is 1.59 bits per heavy atom. The molecule has 2 atom stereocenters. The van der Waals surface area contributed by atoms with Crippen molar-refractivity contribution in [3.05, 3.63) is 95.3 Å². The first-order valence-corrected chi connectivity index (χ1v) is 12.3. The first-order valence-electron chi connectivity index (χ1n) is 12.3. The van der Waals surface area contributed by atoms with Gasteiger partial charge >= 0.3 is 12.0 Å². The zero-order chi connectivity index (χ0) is 29.7. The van der Waals surface area contributed by atoms with Crippen molar-refractivity contribution in [3.8, 4) is 5.75 Å². The van der Waals surface area contributed by atoms with Gasteiger partial charge < -0.3 is 25.4 Å². The molecule has 3 aromatic rings. The van der Waals surface area contributed by atoms with Gasteiger partial charge in [-0.15, -0.1) is 0 Å². The number of urea groups is 1. The minimum absolute atomic E-state index is 0.115. The maximum Gasteiger partial charge on any atom is 0.323 e. The van der Waals surface area contributed by atoms with E-state index in [9.17, 15) is 37.5 Å². The highest BCUT2D eigenvalue weighted by molar-refractivity contribution is 6.00. The fourth-order valence-electron chi connectivity index (χ4n) is 4.37. The third kappa shape index (κ3) is 6.75. The lowest BCUT2D eigenvalue weighted by molar-refractivity contribution is -0.138. The summed E-state index contributed by atoms with van der Waals surface area (Å²) in [5.74, 6) is -5.53. The number of carbonyl (C=O) groups excluding carboxylic acids is 3. The predicted octanol–water partition coefficient (Wildman–Crippen LogP) is 3.76. The molecule has 0 radical (unpaired) electrons. The Morgan fingerprint density at radius 3 is 2.20 bits per heavy atom. The average Bonchev–Trinajstić information content (AvgIpc) is 3.40. The van der Waals surface area contributed by atoms with Gasteiger partial charge in [-0.3, -0.25) is 19.3 Å². The SMILES string of the molecule is COc1ccc(NC(=O)N2CCN(C(=O)c3ccc(F)c(F)c3)C2C(=O)NC(CC(=O)O)c2ccc(F)cc2)cc1. The Morgan fingerprint density at radius 1 is 0.927 bits per heavy atom. The Kier molecular flexibility index (Phi) is 8.75. The molecule has 4 rings (SSSR count). The summed E-state index contributed by atoms with van der Waals surface area (Å²) in [4.78, 5) is 53.9. The number of methoxy groups -OCH3 is 1. The number of aliphatic carboxylic acids is 1. The Bertz CT molecular complexity index is 1450. The summed E-state index contributed by atoms with van der Waals surface area (Å²) in [5, 5.41) is 14.6. The third-order valence-corrected chi connectivity index (χ3v) is 6.40. The number of rotatable bonds is 8. The second-order valence-corrected chi connectivity index (χ2v) is 9.06. The Labute approximate surface area is 232 Å². The van der Waals surface area contributed by atoms with Gasteiger partial charge in [-0.2, -0.15) is 0 Å². The molecule has 0 aromatic heterocycles. The summed E-state index contributed by atoms with van der Waals surface area (Å²) >= 11 is 0. The molecule has 41 heavy (non-hydrogen) atoms. The highest BCUT2D eigenvalue weighted by atomic mass is 19.2. The van der Waals surface area contributed by atoms with Crippen molar-refractivity contribution in [3.63, 3.8) is 0 Å². The van der Waals surface area contributed by atoms with E-state index in [1.165, 1.54) is 19.2 Å². The summed E-state index contributed by atoms with van der Waals surface area (Å²) in [6.45, 7) is -0.262. The van der Waals surface area contributed by atoms with Gasteiger partial charge in [-0.1, -0.05) is 12.1 Å². The predicted molar refractivity (Wildman–Crippen MR) is 139 cm³/mol. The van der Waals surface area contributed by atoms with Crippen LogP contribution < -0.4 is 15.4 Å². The second-order valence-electron chi connectivity index (χ2n) is 9.06. The monoisotopic (exact) mass is 570 g/mol. The highest BCUT2D eigenvalue weighted by Gasteiger charge is 2.44. The normalized spacial score (nSPS) is 15.3. The summed E-state index contributed by atoms with van der Waals surface area (Å²) in [5.41, 5.74) is 0.364. The molecule has 13 heteroatoms. The van der Waals surface area contributed by atoms with Crippen LogP contribution in [0, 0.1) is 17.5 Å². The van der Waals surface area contributed by atoms with Gasteiger partial charge in [0.25, 0.3) is 11.8 Å². The molecule has 1 heterocycles. The second kappa shape index (κ2) is 12.4. The fourth-order valence-corrected chi connectivity index (χ4v) is 4.37. The lowest BCUT2D eigenvalue weighted by Gasteiger charge is -2.31. The van der Waals surface area contributed by atoms with Crippen LogP contribution in [-0.2, 0) is 9.59 Å². The Balaban J connectivity index is 1.64. The molecule has 0 saturated carbocycles. The van der Waals surface area contributed by atoms with Crippen molar-refractivity contribution in [2.45, 2.75) is 18.6 Å². The van der Waals surface area contributed by atoms with Gasteiger partial charge in [-0.25, -0.2) is 18.0 Å². The van der Waals surface area contributed by atoms with E-state index in [0.717, 1.165) is 34.1 Å². The van der Waals surface area contributed by atoms with Gasteiger partial charge in [0.1, 0.15) is 11.6 Å². The number of nitrogens with one attached hydrogen (secondary N) is 2. The van der Waals surface area contributed by atoms with Crippen molar-refractivity contribution < 1.29 is 42.2 Å². The van der Waals surface area contributed by atoms with Gasteiger partial charge in [0.15, 0.2) is 17.8 Å². The molecule has 2 unspecified atom stereocenters. The van der Waals surface area contributed by atoms with Crippen LogP contribution in [0.15, 0.2) is 66.7 Å². The first kappa shape index (κ1) is 28.9. The van der Waals surface area contributed by atoms with E-state index in [-0.39, 0.29) is 24.2 Å². The summed E-state index contributed by atoms with van der Waals surface area (Å²) in [7, 11) is 1.48. The van der Waals surface area contributed by atoms with Crippen LogP contribution in [0.4, 0.5) is 23.7 Å². The minimum Gasteiger partial charge on any atom is -0.497 e. The zero-order valence-electron chi connectivity index (χ0n) is 21.6. The number of anilines is 1. The van der Waals surface area contributed by atoms with Gasteiger partial charge in [0, 0.05) is 24.3 Å². The molecular weight excluding hydrogens is 545 g/mol. The smallest absolute Gasteiger partial charge is 0.323 e. The molecule has 0 spiro atoms. The van der Waals surface area contributed by atoms with Crippen molar-refractivity contribution in [2.75, 3.05) is 25.5 Å². The summed E-state index contributed by atoms with van der Waals surface area (Å²) in [6.07, 6.45) is -2.18. The first-order chi connectivity index (χ1) is 19.6. The number of carboxylic acid groups (broad SMARTS) is 1. The van der Waals surface area contributed by atoms with Crippen molar-refractivity contribution in [1.29, 1.82) is 0 Å². The lowest BCUT2D eigenvalue weighted by Crippen LogP contribution is -2.55. The van der Waals surface area contributed by atoms with E-state index in [2.05, 4.69) is 10.6 Å². The number of carbonyl (C=O) groups is 4. The van der Waals surface area contributed by atoms with Crippen LogP contribution >= 0.6 is 0 Å². The number of halogens is 3. The maximum atomic E-state index is 13.9. The van der Waals surface area contributed by atoms with Gasteiger partial charge in [0.2, 0.25) is 0 Å². The lowest BCUT2D eigenvalue weighted by atomic mass is 10.0. The van der Waals surface area contributed by atoms with Crippen LogP contribution in [-0.4, -0.2) is 65.1 Å².